The van der Waals surface area contributed by atoms with Crippen LogP contribution in [-0.4, -0.2) is 23.9 Å². The lowest BCUT2D eigenvalue weighted by Gasteiger charge is -2.27. The monoisotopic (exact) mass is 284 g/mol. The molecule has 0 saturated heterocycles. The van der Waals surface area contributed by atoms with Crippen molar-refractivity contribution >= 4 is 5.91 Å². The van der Waals surface area contributed by atoms with Gasteiger partial charge in [0.05, 0.1) is 6.54 Å². The van der Waals surface area contributed by atoms with Crippen LogP contribution in [-0.2, 0) is 13.0 Å². The summed E-state index contributed by atoms with van der Waals surface area (Å²) in [6, 6.07) is 12.0. The number of nitrogens with two attached hydrogens (primary N) is 1. The number of rotatable bonds is 3. The van der Waals surface area contributed by atoms with Gasteiger partial charge < -0.3 is 15.1 Å². The maximum atomic E-state index is 12.5. The Morgan fingerprint density at radius 3 is 2.76 bits per heavy atom. The van der Waals surface area contributed by atoms with Gasteiger partial charge in [-0.05, 0) is 29.7 Å². The molecule has 2 aromatic rings. The molecule has 1 aliphatic carbocycles. The minimum Gasteiger partial charge on any atom is -0.455 e. The highest BCUT2D eigenvalue weighted by atomic mass is 16.4. The largest absolute Gasteiger partial charge is 0.455 e. The van der Waals surface area contributed by atoms with Crippen LogP contribution in [0.5, 0.6) is 0 Å². The Hall–Kier alpha value is -2.07. The maximum absolute atomic E-state index is 12.5. The van der Waals surface area contributed by atoms with E-state index in [1.807, 2.05) is 7.05 Å². The number of hydrogen-bond acceptors (Lipinski definition) is 3. The highest BCUT2D eigenvalue weighted by Crippen LogP contribution is 2.35. The molecule has 0 fully saturated rings. The number of likely N-dealkylation sites (N-methyl/N-ethyl adjacent to an activating group) is 1. The Balaban J connectivity index is 1.80. The zero-order valence-corrected chi connectivity index (χ0v) is 12.4. The molecule has 2 unspecified atom stereocenters. The lowest BCUT2D eigenvalue weighted by Crippen LogP contribution is -2.38. The van der Waals surface area contributed by atoms with Gasteiger partial charge in [0.15, 0.2) is 5.76 Å². The summed E-state index contributed by atoms with van der Waals surface area (Å²) in [5.74, 6) is 1.24. The SMILES string of the molecule is CC1c2ccccc2CC1N(C)C(=O)c1ccc(CN)o1. The minimum atomic E-state index is -0.0839. The Morgan fingerprint density at radius 2 is 2.10 bits per heavy atom. The zero-order chi connectivity index (χ0) is 15.0. The predicted octanol–water partition coefficient (Wildman–Crippen LogP) is 2.54. The number of furan rings is 1. The third kappa shape index (κ3) is 2.36. The summed E-state index contributed by atoms with van der Waals surface area (Å²) >= 11 is 0. The fourth-order valence-corrected chi connectivity index (χ4v) is 3.17. The second kappa shape index (κ2) is 5.37. The first-order valence-corrected chi connectivity index (χ1v) is 7.25. The molecule has 1 heterocycles. The Bertz CT molecular complexity index is 662. The van der Waals surface area contributed by atoms with Crippen LogP contribution in [0, 0.1) is 0 Å². The molecule has 110 valence electrons. The molecule has 0 spiro atoms. The van der Waals surface area contributed by atoms with Crippen molar-refractivity contribution in [2.45, 2.75) is 31.8 Å². The molecule has 2 atom stereocenters. The summed E-state index contributed by atoms with van der Waals surface area (Å²) in [5.41, 5.74) is 8.19. The third-order valence-corrected chi connectivity index (χ3v) is 4.44. The molecule has 1 aromatic carbocycles. The average Bonchev–Trinajstić information content (AvgIpc) is 3.11. The van der Waals surface area contributed by atoms with E-state index in [9.17, 15) is 4.79 Å². The molecule has 0 bridgehead atoms. The van der Waals surface area contributed by atoms with E-state index in [0.717, 1.165) is 6.42 Å². The van der Waals surface area contributed by atoms with Gasteiger partial charge in [0.25, 0.3) is 5.91 Å². The highest BCUT2D eigenvalue weighted by Gasteiger charge is 2.34. The molecular weight excluding hydrogens is 264 g/mol. The van der Waals surface area contributed by atoms with Crippen LogP contribution in [0.1, 0.15) is 40.3 Å². The summed E-state index contributed by atoms with van der Waals surface area (Å²) in [5, 5.41) is 0. The van der Waals surface area contributed by atoms with E-state index in [-0.39, 0.29) is 11.9 Å². The summed E-state index contributed by atoms with van der Waals surface area (Å²) in [7, 11) is 1.85. The molecule has 1 aliphatic rings. The van der Waals surface area contributed by atoms with E-state index < -0.39 is 0 Å². The first-order valence-electron chi connectivity index (χ1n) is 7.25. The molecule has 2 N–H and O–H groups in total. The van der Waals surface area contributed by atoms with E-state index in [2.05, 4.69) is 31.2 Å². The van der Waals surface area contributed by atoms with Gasteiger partial charge in [-0.1, -0.05) is 31.2 Å². The zero-order valence-electron chi connectivity index (χ0n) is 12.4. The van der Waals surface area contributed by atoms with Crippen molar-refractivity contribution in [3.63, 3.8) is 0 Å². The van der Waals surface area contributed by atoms with Crippen molar-refractivity contribution in [3.05, 3.63) is 59.0 Å². The fraction of sp³-hybridized carbons (Fsp3) is 0.353. The van der Waals surface area contributed by atoms with Gasteiger partial charge in [-0.3, -0.25) is 4.79 Å². The Labute approximate surface area is 124 Å². The van der Waals surface area contributed by atoms with Crippen LogP contribution in [0.2, 0.25) is 0 Å². The molecule has 1 aromatic heterocycles. The van der Waals surface area contributed by atoms with Crippen LogP contribution in [0.4, 0.5) is 0 Å². The van der Waals surface area contributed by atoms with Crippen molar-refractivity contribution in [1.29, 1.82) is 0 Å². The normalized spacial score (nSPS) is 20.3. The minimum absolute atomic E-state index is 0.0839. The van der Waals surface area contributed by atoms with Crippen LogP contribution >= 0.6 is 0 Å². The maximum Gasteiger partial charge on any atom is 0.289 e. The highest BCUT2D eigenvalue weighted by molar-refractivity contribution is 5.91. The van der Waals surface area contributed by atoms with Gasteiger partial charge in [0.1, 0.15) is 5.76 Å². The van der Waals surface area contributed by atoms with Crippen molar-refractivity contribution in [3.8, 4) is 0 Å². The molecular formula is C17H20N2O2. The number of nitrogens with zero attached hydrogens (tertiary/aromatic N) is 1. The van der Waals surface area contributed by atoms with E-state index >= 15 is 0 Å². The third-order valence-electron chi connectivity index (χ3n) is 4.44. The average molecular weight is 284 g/mol. The summed E-state index contributed by atoms with van der Waals surface area (Å²) in [6.07, 6.45) is 0.893. The summed E-state index contributed by atoms with van der Waals surface area (Å²) < 4.78 is 5.47. The number of hydrogen-bond donors (Lipinski definition) is 1. The van der Waals surface area contributed by atoms with Gasteiger partial charge >= 0.3 is 0 Å². The van der Waals surface area contributed by atoms with Crippen LogP contribution in [0.15, 0.2) is 40.8 Å². The molecule has 4 heteroatoms. The van der Waals surface area contributed by atoms with E-state index in [4.69, 9.17) is 10.2 Å². The topological polar surface area (TPSA) is 59.5 Å². The molecule has 0 aliphatic heterocycles. The van der Waals surface area contributed by atoms with Crippen LogP contribution in [0.25, 0.3) is 0 Å². The first kappa shape index (κ1) is 13.9. The molecule has 1 amide bonds. The second-order valence-electron chi connectivity index (χ2n) is 5.65. The standard InChI is InChI=1S/C17H20N2O2/c1-11-14-6-4-3-5-12(14)9-15(11)19(2)17(20)16-8-7-13(10-18)21-16/h3-8,11,15H,9-10,18H2,1-2H3. The van der Waals surface area contributed by atoms with Crippen molar-refractivity contribution in [2.24, 2.45) is 5.73 Å². The van der Waals surface area contributed by atoms with E-state index in [1.54, 1.807) is 17.0 Å². The van der Waals surface area contributed by atoms with Crippen molar-refractivity contribution < 1.29 is 9.21 Å². The van der Waals surface area contributed by atoms with Gasteiger partial charge in [0.2, 0.25) is 0 Å². The molecule has 0 saturated carbocycles. The Morgan fingerprint density at radius 1 is 1.33 bits per heavy atom. The van der Waals surface area contributed by atoms with Gasteiger partial charge in [-0.15, -0.1) is 0 Å². The second-order valence-corrected chi connectivity index (χ2v) is 5.65. The number of fused-ring (bicyclic) bond motifs is 1. The van der Waals surface area contributed by atoms with E-state index in [1.165, 1.54) is 11.1 Å². The number of carbonyl (C=O) groups is 1. The quantitative estimate of drug-likeness (QED) is 0.942. The molecule has 3 rings (SSSR count). The molecule has 4 nitrogen and oxygen atoms in total. The van der Waals surface area contributed by atoms with Gasteiger partial charge in [-0.2, -0.15) is 0 Å². The smallest absolute Gasteiger partial charge is 0.289 e. The Kier molecular flexibility index (Phi) is 3.55. The van der Waals surface area contributed by atoms with Crippen LogP contribution < -0.4 is 5.73 Å². The summed E-state index contributed by atoms with van der Waals surface area (Å²) in [6.45, 7) is 2.48. The first-order chi connectivity index (χ1) is 10.1. The van der Waals surface area contributed by atoms with Crippen LogP contribution in [0.3, 0.4) is 0 Å². The fourth-order valence-electron chi connectivity index (χ4n) is 3.17. The number of carbonyl (C=O) groups excluding carboxylic acids is 1. The van der Waals surface area contributed by atoms with Crippen molar-refractivity contribution in [2.75, 3.05) is 7.05 Å². The lowest BCUT2D eigenvalue weighted by molar-refractivity contribution is 0.0687. The van der Waals surface area contributed by atoms with Gasteiger partial charge in [0, 0.05) is 19.0 Å². The van der Waals surface area contributed by atoms with Gasteiger partial charge in [-0.25, -0.2) is 0 Å². The van der Waals surface area contributed by atoms with E-state index in [0.29, 0.717) is 24.0 Å². The van der Waals surface area contributed by atoms with Crippen molar-refractivity contribution in [1.82, 2.24) is 4.90 Å². The number of benzene rings is 1. The molecule has 0 radical (unpaired) electrons. The molecule has 21 heavy (non-hydrogen) atoms. The number of amides is 1. The lowest BCUT2D eigenvalue weighted by atomic mass is 10.00. The summed E-state index contributed by atoms with van der Waals surface area (Å²) in [4.78, 5) is 14.3. The predicted molar refractivity (Wildman–Crippen MR) is 81.0 cm³/mol.